The smallest absolute Gasteiger partial charge is 0.158 e. The number of hydrogen-bond donors (Lipinski definition) is 0. The van der Waals surface area contributed by atoms with E-state index in [1.54, 1.807) is 0 Å². The van der Waals surface area contributed by atoms with Gasteiger partial charge in [-0.1, -0.05) is 0 Å². The van der Waals surface area contributed by atoms with Crippen LogP contribution in [0.1, 0.15) is 36.8 Å². The van der Waals surface area contributed by atoms with Crippen molar-refractivity contribution in [1.29, 1.82) is 0 Å². The lowest BCUT2D eigenvalue weighted by Crippen LogP contribution is -2.24. The summed E-state index contributed by atoms with van der Waals surface area (Å²) in [5, 5.41) is 4.54. The first-order valence-electron chi connectivity index (χ1n) is 7.89. The average Bonchev–Trinajstić information content (AvgIpc) is 2.96. The normalized spacial score (nSPS) is 23.5. The number of alkyl halides is 1. The second-order valence-electron chi connectivity index (χ2n) is 6.39. The molecule has 0 aromatic carbocycles. The van der Waals surface area contributed by atoms with Gasteiger partial charge in [0.15, 0.2) is 5.65 Å². The zero-order valence-electron chi connectivity index (χ0n) is 12.7. The molecule has 2 aromatic rings. The van der Waals surface area contributed by atoms with Crippen LogP contribution in [-0.2, 0) is 13.5 Å². The molecule has 1 atom stereocenters. The van der Waals surface area contributed by atoms with Crippen LogP contribution < -0.4 is 0 Å². The molecule has 4 rings (SSSR count). The van der Waals surface area contributed by atoms with E-state index in [1.807, 2.05) is 18.7 Å². The van der Waals surface area contributed by atoms with Crippen LogP contribution >= 0.6 is 11.6 Å². The first-order valence-corrected chi connectivity index (χ1v) is 8.43. The maximum Gasteiger partial charge on any atom is 0.158 e. The van der Waals surface area contributed by atoms with E-state index < -0.39 is 0 Å². The molecule has 0 amide bonds. The van der Waals surface area contributed by atoms with Gasteiger partial charge in [0.25, 0.3) is 0 Å². The van der Waals surface area contributed by atoms with Gasteiger partial charge in [-0.3, -0.25) is 9.58 Å². The minimum atomic E-state index is 0.517. The van der Waals surface area contributed by atoms with E-state index in [0.717, 1.165) is 41.7 Å². The van der Waals surface area contributed by atoms with Gasteiger partial charge in [0, 0.05) is 38.5 Å². The molecular formula is C15H22ClN5. The number of aromatic nitrogens is 4. The van der Waals surface area contributed by atoms with Gasteiger partial charge in [-0.15, -0.1) is 11.6 Å². The monoisotopic (exact) mass is 307 g/mol. The summed E-state index contributed by atoms with van der Waals surface area (Å²) in [4.78, 5) is 7.47. The van der Waals surface area contributed by atoms with E-state index >= 15 is 0 Å². The predicted molar refractivity (Wildman–Crippen MR) is 83.9 cm³/mol. The van der Waals surface area contributed by atoms with Crippen LogP contribution in [0.2, 0.25) is 0 Å². The van der Waals surface area contributed by atoms with E-state index in [2.05, 4.69) is 14.6 Å². The van der Waals surface area contributed by atoms with E-state index in [4.69, 9.17) is 16.6 Å². The van der Waals surface area contributed by atoms with E-state index in [-0.39, 0.29) is 0 Å². The molecule has 0 radical (unpaired) electrons. The van der Waals surface area contributed by atoms with Crippen molar-refractivity contribution in [2.45, 2.75) is 44.7 Å². The molecule has 1 saturated heterocycles. The molecule has 3 heterocycles. The Bertz CT molecular complexity index is 669. The summed E-state index contributed by atoms with van der Waals surface area (Å²) < 4.78 is 4.40. The third kappa shape index (κ3) is 2.18. The predicted octanol–water partition coefficient (Wildman–Crippen LogP) is 2.27. The van der Waals surface area contributed by atoms with Crippen LogP contribution in [0.25, 0.3) is 11.2 Å². The number of imidazole rings is 1. The highest BCUT2D eigenvalue weighted by atomic mass is 35.5. The molecule has 1 aliphatic carbocycles. The van der Waals surface area contributed by atoms with Gasteiger partial charge in [-0.05, 0) is 26.2 Å². The van der Waals surface area contributed by atoms with E-state index in [9.17, 15) is 0 Å². The Kier molecular flexibility index (Phi) is 3.23. The van der Waals surface area contributed by atoms with Crippen LogP contribution in [0, 0.1) is 6.92 Å². The van der Waals surface area contributed by atoms with Crippen LogP contribution in [0.4, 0.5) is 0 Å². The molecule has 0 spiro atoms. The lowest BCUT2D eigenvalue weighted by atomic mass is 10.2. The summed E-state index contributed by atoms with van der Waals surface area (Å²) in [6, 6.07) is 1.36. The van der Waals surface area contributed by atoms with Gasteiger partial charge in [0.1, 0.15) is 11.3 Å². The number of likely N-dealkylation sites (tertiary alicyclic amines) is 1. The van der Waals surface area contributed by atoms with E-state index in [1.165, 1.54) is 25.8 Å². The minimum Gasteiger partial charge on any atom is -0.308 e. The Labute approximate surface area is 129 Å². The van der Waals surface area contributed by atoms with Crippen LogP contribution in [0.5, 0.6) is 0 Å². The third-order valence-electron chi connectivity index (χ3n) is 4.85. The highest BCUT2D eigenvalue weighted by molar-refractivity contribution is 6.17. The number of rotatable bonds is 4. The number of fused-ring (bicyclic) bond motifs is 1. The molecule has 2 aliphatic rings. The second-order valence-corrected chi connectivity index (χ2v) is 6.76. The fourth-order valence-electron chi connectivity index (χ4n) is 3.74. The quantitative estimate of drug-likeness (QED) is 0.813. The fourth-order valence-corrected chi connectivity index (χ4v) is 3.90. The largest absolute Gasteiger partial charge is 0.308 e. The molecule has 6 heteroatoms. The Morgan fingerprint density at radius 3 is 2.76 bits per heavy atom. The van der Waals surface area contributed by atoms with Crippen LogP contribution in [0.15, 0.2) is 0 Å². The molecule has 2 fully saturated rings. The van der Waals surface area contributed by atoms with Gasteiger partial charge < -0.3 is 4.57 Å². The molecule has 0 bridgehead atoms. The van der Waals surface area contributed by atoms with Crippen molar-refractivity contribution < 1.29 is 0 Å². The SMILES string of the molecule is Cc1nn(C)c2c1nc(CCCl)n2C1CCN(C2CC2)C1. The van der Waals surface area contributed by atoms with Gasteiger partial charge in [0.2, 0.25) is 0 Å². The van der Waals surface area contributed by atoms with Crippen molar-refractivity contribution in [1.82, 2.24) is 24.2 Å². The highest BCUT2D eigenvalue weighted by Gasteiger charge is 2.36. The lowest BCUT2D eigenvalue weighted by Gasteiger charge is -2.18. The van der Waals surface area contributed by atoms with Crippen LogP contribution in [-0.4, -0.2) is 49.2 Å². The highest BCUT2D eigenvalue weighted by Crippen LogP contribution is 2.35. The molecule has 1 unspecified atom stereocenters. The molecule has 21 heavy (non-hydrogen) atoms. The van der Waals surface area contributed by atoms with Crippen LogP contribution in [0.3, 0.4) is 0 Å². The van der Waals surface area contributed by atoms with Crippen molar-refractivity contribution in [3.8, 4) is 0 Å². The first-order chi connectivity index (χ1) is 10.2. The number of hydrogen-bond acceptors (Lipinski definition) is 3. The summed E-state index contributed by atoms with van der Waals surface area (Å²) in [6.45, 7) is 4.40. The number of aryl methyl sites for hydroxylation is 3. The molecule has 2 aromatic heterocycles. The first kappa shape index (κ1) is 13.6. The van der Waals surface area contributed by atoms with Gasteiger partial charge >= 0.3 is 0 Å². The molecule has 0 N–H and O–H groups in total. The molecule has 5 nitrogen and oxygen atoms in total. The van der Waals surface area contributed by atoms with Crippen molar-refractivity contribution in [3.63, 3.8) is 0 Å². The maximum absolute atomic E-state index is 5.99. The fraction of sp³-hybridized carbons (Fsp3) is 0.733. The van der Waals surface area contributed by atoms with Crippen molar-refractivity contribution >= 4 is 22.8 Å². The standard InChI is InChI=1S/C15H22ClN5/c1-10-14-15(19(2)18-10)21(13(17-14)5-7-16)12-6-8-20(9-12)11-3-4-11/h11-12H,3-9H2,1-2H3. The molecule has 1 saturated carbocycles. The average molecular weight is 308 g/mol. The maximum atomic E-state index is 5.99. The lowest BCUT2D eigenvalue weighted by molar-refractivity contribution is 0.313. The molecule has 1 aliphatic heterocycles. The third-order valence-corrected chi connectivity index (χ3v) is 5.04. The van der Waals surface area contributed by atoms with E-state index in [0.29, 0.717) is 11.9 Å². The zero-order valence-corrected chi connectivity index (χ0v) is 13.5. The van der Waals surface area contributed by atoms with Gasteiger partial charge in [-0.25, -0.2) is 4.98 Å². The molecule has 114 valence electrons. The summed E-state index contributed by atoms with van der Waals surface area (Å²) in [7, 11) is 2.02. The van der Waals surface area contributed by atoms with Crippen molar-refractivity contribution in [2.24, 2.45) is 7.05 Å². The Morgan fingerprint density at radius 2 is 2.05 bits per heavy atom. The Balaban J connectivity index is 1.76. The Hall–Kier alpha value is -1.07. The minimum absolute atomic E-state index is 0.517. The summed E-state index contributed by atoms with van der Waals surface area (Å²) in [5.41, 5.74) is 3.22. The van der Waals surface area contributed by atoms with Crippen molar-refractivity contribution in [3.05, 3.63) is 11.5 Å². The molecular weight excluding hydrogens is 286 g/mol. The Morgan fingerprint density at radius 1 is 1.24 bits per heavy atom. The number of halogens is 1. The van der Waals surface area contributed by atoms with Gasteiger partial charge in [-0.2, -0.15) is 5.10 Å². The zero-order chi connectivity index (χ0) is 14.6. The topological polar surface area (TPSA) is 38.9 Å². The second kappa shape index (κ2) is 4.99. The van der Waals surface area contributed by atoms with Crippen molar-refractivity contribution in [2.75, 3.05) is 19.0 Å². The van der Waals surface area contributed by atoms with Gasteiger partial charge in [0.05, 0.1) is 11.7 Å². The number of nitrogens with zero attached hydrogens (tertiary/aromatic N) is 5. The summed E-state index contributed by atoms with van der Waals surface area (Å²) in [6.07, 6.45) is 4.80. The summed E-state index contributed by atoms with van der Waals surface area (Å²) >= 11 is 5.99. The summed E-state index contributed by atoms with van der Waals surface area (Å²) in [5.74, 6) is 1.74.